The molecule has 2 aromatic rings. The number of amides is 1. The molecule has 5 aliphatic rings. The zero-order chi connectivity index (χ0) is 30.7. The van der Waals surface area contributed by atoms with Gasteiger partial charge in [0.1, 0.15) is 22.8 Å². The minimum Gasteiger partial charge on any atom is -0.486 e. The Morgan fingerprint density at radius 2 is 1.77 bits per heavy atom. The molecule has 44 heavy (non-hydrogen) atoms. The number of alkyl carbamates (subject to hydrolysis) is 1. The topological polar surface area (TPSA) is 137 Å². The smallest absolute Gasteiger partial charge is 0.407 e. The van der Waals surface area contributed by atoms with E-state index < -0.39 is 11.6 Å². The molecule has 7 rings (SSSR count). The van der Waals surface area contributed by atoms with Gasteiger partial charge >= 0.3 is 12.1 Å². The lowest BCUT2D eigenvalue weighted by molar-refractivity contribution is -0.0652. The van der Waals surface area contributed by atoms with Gasteiger partial charge in [0, 0.05) is 25.3 Å². The molecule has 2 aromatic heterocycles. The number of esters is 1. The molecule has 3 aliphatic heterocycles. The van der Waals surface area contributed by atoms with Crippen molar-refractivity contribution in [1.29, 1.82) is 0 Å². The van der Waals surface area contributed by atoms with E-state index in [9.17, 15) is 9.59 Å². The van der Waals surface area contributed by atoms with E-state index in [0.29, 0.717) is 55.3 Å². The van der Waals surface area contributed by atoms with Crippen LogP contribution in [0.25, 0.3) is 0 Å². The highest BCUT2D eigenvalue weighted by Gasteiger charge is 2.63. The second kappa shape index (κ2) is 10.6. The van der Waals surface area contributed by atoms with Gasteiger partial charge in [-0.1, -0.05) is 11.8 Å². The van der Waals surface area contributed by atoms with Crippen molar-refractivity contribution in [3.63, 3.8) is 0 Å². The summed E-state index contributed by atoms with van der Waals surface area (Å²) in [5.74, 6) is 1.32. The third kappa shape index (κ3) is 5.31. The number of nitrogens with one attached hydrogen (secondary N) is 2. The quantitative estimate of drug-likeness (QED) is 0.455. The summed E-state index contributed by atoms with van der Waals surface area (Å²) >= 11 is 1.37. The second-order valence-corrected chi connectivity index (χ2v) is 15.0. The molecule has 1 unspecified atom stereocenters. The average molecular weight is 625 g/mol. The number of hydrogen-bond acceptors (Lipinski definition) is 12. The fraction of sp³-hybridized carbons (Fsp3) is 0.645. The van der Waals surface area contributed by atoms with Gasteiger partial charge in [-0.15, -0.1) is 0 Å². The Bertz CT molecular complexity index is 1460. The summed E-state index contributed by atoms with van der Waals surface area (Å²) in [7, 11) is 1.36. The van der Waals surface area contributed by atoms with Crippen molar-refractivity contribution in [2.45, 2.75) is 86.4 Å². The Morgan fingerprint density at radius 1 is 1.07 bits per heavy atom. The van der Waals surface area contributed by atoms with Crippen LogP contribution in [0.4, 0.5) is 16.4 Å². The van der Waals surface area contributed by atoms with Crippen molar-refractivity contribution in [3.05, 3.63) is 24.2 Å². The zero-order valence-corrected chi connectivity index (χ0v) is 26.6. The van der Waals surface area contributed by atoms with Crippen LogP contribution in [0.1, 0.15) is 69.8 Å². The summed E-state index contributed by atoms with van der Waals surface area (Å²) in [5, 5.41) is 7.31. The van der Waals surface area contributed by atoms with Gasteiger partial charge in [0.15, 0.2) is 23.1 Å². The summed E-state index contributed by atoms with van der Waals surface area (Å²) in [6.07, 6.45) is 9.35. The monoisotopic (exact) mass is 624 g/mol. The highest BCUT2D eigenvalue weighted by atomic mass is 32.2. The molecule has 1 amide bonds. The molecule has 2 aliphatic carbocycles. The fourth-order valence-corrected chi connectivity index (χ4v) is 8.15. The highest BCUT2D eigenvalue weighted by molar-refractivity contribution is 7.99. The van der Waals surface area contributed by atoms with Crippen LogP contribution in [0.5, 0.6) is 5.75 Å². The molecule has 13 heteroatoms. The maximum absolute atomic E-state index is 13.0. The summed E-state index contributed by atoms with van der Waals surface area (Å²) < 4.78 is 22.3. The van der Waals surface area contributed by atoms with Crippen LogP contribution < -0.4 is 20.3 Å². The number of methoxy groups -OCH3 is 1. The normalized spacial score (nSPS) is 23.7. The second-order valence-electron chi connectivity index (χ2n) is 13.9. The van der Waals surface area contributed by atoms with Crippen molar-refractivity contribution in [2.75, 3.05) is 50.2 Å². The molecule has 12 nitrogen and oxygen atoms in total. The number of aromatic nitrogens is 3. The predicted octanol–water partition coefficient (Wildman–Crippen LogP) is 4.44. The average Bonchev–Trinajstić information content (AvgIpc) is 3.72. The molecule has 2 saturated carbocycles. The number of rotatable bonds is 5. The Labute approximate surface area is 261 Å². The van der Waals surface area contributed by atoms with Crippen LogP contribution >= 0.6 is 11.8 Å². The number of carbonyl (C=O) groups excluding carboxylic acids is 2. The largest absolute Gasteiger partial charge is 0.486 e. The maximum atomic E-state index is 13.0. The van der Waals surface area contributed by atoms with Crippen molar-refractivity contribution in [2.24, 2.45) is 10.8 Å². The van der Waals surface area contributed by atoms with E-state index in [1.807, 2.05) is 26.8 Å². The lowest BCUT2D eigenvalue weighted by atomic mass is 9.72. The number of anilines is 2. The first-order valence-electron chi connectivity index (χ1n) is 15.4. The maximum Gasteiger partial charge on any atom is 0.407 e. The molecular weight excluding hydrogens is 584 g/mol. The number of hydrogen-bond donors (Lipinski definition) is 2. The first-order valence-corrected chi connectivity index (χ1v) is 16.2. The van der Waals surface area contributed by atoms with E-state index in [2.05, 4.69) is 20.5 Å². The summed E-state index contributed by atoms with van der Waals surface area (Å²) in [6.45, 7) is 8.74. The standard InChI is InChI=1S/C31H40N6O6S/c1-28(2,3)43-27(39)35-26-29(6-7-29)8-9-30(26)10-13-37(14-11-30)24-21(25(38)40-4)34-20(15-33-24)44-19-5-12-32-23-22(19)42-18-31(36-23)16-41-17-31/h5,12,15,26H,6-11,13-14,16-18H2,1-4H3,(H,32,36)(H,35,39). The van der Waals surface area contributed by atoms with Crippen molar-refractivity contribution >= 4 is 35.5 Å². The Morgan fingerprint density at radius 3 is 2.41 bits per heavy atom. The minimum atomic E-state index is -0.543. The van der Waals surface area contributed by atoms with E-state index in [4.69, 9.17) is 28.9 Å². The van der Waals surface area contributed by atoms with Gasteiger partial charge in [0.05, 0.1) is 31.4 Å². The van der Waals surface area contributed by atoms with Crippen LogP contribution in [-0.4, -0.2) is 84.2 Å². The van der Waals surface area contributed by atoms with Gasteiger partial charge in [-0.25, -0.2) is 24.5 Å². The van der Waals surface area contributed by atoms with Crippen LogP contribution in [0.15, 0.2) is 28.4 Å². The van der Waals surface area contributed by atoms with Crippen LogP contribution in [0, 0.1) is 10.8 Å². The number of ether oxygens (including phenoxy) is 4. The molecule has 236 valence electrons. The van der Waals surface area contributed by atoms with E-state index in [1.165, 1.54) is 18.9 Å². The predicted molar refractivity (Wildman–Crippen MR) is 162 cm³/mol. The molecule has 0 bridgehead atoms. The number of fused-ring (bicyclic) bond motifs is 1. The van der Waals surface area contributed by atoms with Crippen LogP contribution in [0.3, 0.4) is 0 Å². The van der Waals surface area contributed by atoms with E-state index in [-0.39, 0.29) is 34.2 Å². The van der Waals surface area contributed by atoms with Crippen molar-refractivity contribution in [3.8, 4) is 5.75 Å². The highest BCUT2D eigenvalue weighted by Crippen LogP contribution is 2.66. The number of nitrogens with zero attached hydrogens (tertiary/aromatic N) is 4. The van der Waals surface area contributed by atoms with E-state index >= 15 is 0 Å². The third-order valence-electron chi connectivity index (χ3n) is 9.78. The lowest BCUT2D eigenvalue weighted by Gasteiger charge is -2.45. The SMILES string of the molecule is COC(=O)c1nc(Sc2ccnc3c2OCC2(COC2)N3)cnc1N1CCC2(CC1)CCC1(CC1)C2NC(=O)OC(C)(C)C. The summed E-state index contributed by atoms with van der Waals surface area (Å²) in [6, 6.07) is 1.96. The number of piperidine rings is 1. The minimum absolute atomic E-state index is 0.00277. The molecular formula is C31H40N6O6S. The molecule has 2 N–H and O–H groups in total. The first-order chi connectivity index (χ1) is 21.0. The molecule has 2 saturated heterocycles. The molecule has 5 heterocycles. The Kier molecular flexibility index (Phi) is 7.11. The van der Waals surface area contributed by atoms with Gasteiger partial charge < -0.3 is 34.5 Å². The zero-order valence-electron chi connectivity index (χ0n) is 25.7. The van der Waals surface area contributed by atoms with E-state index in [1.54, 1.807) is 12.4 Å². The number of pyridine rings is 1. The van der Waals surface area contributed by atoms with Gasteiger partial charge in [-0.3, -0.25) is 0 Å². The Balaban J connectivity index is 1.08. The number of carbonyl (C=O) groups is 2. The lowest BCUT2D eigenvalue weighted by Crippen LogP contribution is -2.61. The van der Waals surface area contributed by atoms with Crippen LogP contribution in [0.2, 0.25) is 0 Å². The van der Waals surface area contributed by atoms with Gasteiger partial charge in [0.25, 0.3) is 0 Å². The molecule has 1 atom stereocenters. The van der Waals surface area contributed by atoms with Gasteiger partial charge in [-0.05, 0) is 76.2 Å². The molecule has 0 radical (unpaired) electrons. The van der Waals surface area contributed by atoms with Crippen LogP contribution in [-0.2, 0) is 14.2 Å². The fourth-order valence-electron chi connectivity index (χ4n) is 7.30. The molecule has 3 spiro atoms. The van der Waals surface area contributed by atoms with E-state index in [0.717, 1.165) is 43.4 Å². The summed E-state index contributed by atoms with van der Waals surface area (Å²) in [4.78, 5) is 42.7. The van der Waals surface area contributed by atoms with Crippen molar-refractivity contribution in [1.82, 2.24) is 20.3 Å². The first kappa shape index (κ1) is 29.4. The van der Waals surface area contributed by atoms with Gasteiger partial charge in [0.2, 0.25) is 0 Å². The third-order valence-corrected chi connectivity index (χ3v) is 10.7. The summed E-state index contributed by atoms with van der Waals surface area (Å²) in [5.41, 5.74) is -0.393. The molecule has 4 fully saturated rings. The van der Waals surface area contributed by atoms with Crippen molar-refractivity contribution < 1.29 is 28.5 Å². The van der Waals surface area contributed by atoms with Gasteiger partial charge in [-0.2, -0.15) is 0 Å². The molecule has 0 aromatic carbocycles. The Hall–Kier alpha value is -3.32.